The number of rotatable bonds is 5. The Morgan fingerprint density at radius 3 is 2.69 bits per heavy atom. The zero-order chi connectivity index (χ0) is 9.68. The van der Waals surface area contributed by atoms with Gasteiger partial charge in [-0.3, -0.25) is 4.90 Å². The molecule has 0 radical (unpaired) electrons. The van der Waals surface area contributed by atoms with Gasteiger partial charge in [0.15, 0.2) is 6.29 Å². The quantitative estimate of drug-likeness (QED) is 0.618. The van der Waals surface area contributed by atoms with E-state index in [1.165, 1.54) is 12.8 Å². The van der Waals surface area contributed by atoms with Gasteiger partial charge in [0.2, 0.25) is 0 Å². The first-order chi connectivity index (χ1) is 6.31. The van der Waals surface area contributed by atoms with Gasteiger partial charge in [0.25, 0.3) is 0 Å². The molecule has 1 rings (SSSR count). The number of hydrogen-bond donors (Lipinski definition) is 1. The van der Waals surface area contributed by atoms with Gasteiger partial charge in [0.1, 0.15) is 0 Å². The fourth-order valence-electron chi connectivity index (χ4n) is 1.84. The van der Waals surface area contributed by atoms with E-state index in [4.69, 9.17) is 15.2 Å². The maximum absolute atomic E-state index is 5.66. The second-order valence-electron chi connectivity index (χ2n) is 3.43. The topological polar surface area (TPSA) is 47.7 Å². The lowest BCUT2D eigenvalue weighted by Crippen LogP contribution is -2.41. The lowest BCUT2D eigenvalue weighted by atomic mass is 10.2. The van der Waals surface area contributed by atoms with E-state index in [-0.39, 0.29) is 6.29 Å². The average Bonchev–Trinajstić information content (AvgIpc) is 2.61. The summed E-state index contributed by atoms with van der Waals surface area (Å²) in [6.45, 7) is 2.68. The highest BCUT2D eigenvalue weighted by Crippen LogP contribution is 2.16. The molecule has 0 bridgehead atoms. The minimum absolute atomic E-state index is 0.118. The van der Waals surface area contributed by atoms with Gasteiger partial charge >= 0.3 is 0 Å². The molecule has 13 heavy (non-hydrogen) atoms. The van der Waals surface area contributed by atoms with Crippen molar-refractivity contribution in [1.29, 1.82) is 0 Å². The van der Waals surface area contributed by atoms with Gasteiger partial charge in [-0.1, -0.05) is 0 Å². The van der Waals surface area contributed by atoms with Crippen LogP contribution in [0.1, 0.15) is 12.8 Å². The van der Waals surface area contributed by atoms with Gasteiger partial charge in [-0.2, -0.15) is 0 Å². The fourth-order valence-corrected chi connectivity index (χ4v) is 1.84. The maximum Gasteiger partial charge on any atom is 0.169 e. The van der Waals surface area contributed by atoms with Crippen LogP contribution in [0.4, 0.5) is 0 Å². The molecule has 0 aromatic carbocycles. The number of hydrogen-bond acceptors (Lipinski definition) is 4. The molecule has 0 amide bonds. The minimum atomic E-state index is -0.118. The van der Waals surface area contributed by atoms with Crippen molar-refractivity contribution >= 4 is 0 Å². The maximum atomic E-state index is 5.66. The second-order valence-corrected chi connectivity index (χ2v) is 3.43. The number of nitrogens with two attached hydrogens (primary N) is 1. The molecule has 0 aromatic heterocycles. The molecule has 0 saturated carbocycles. The largest absolute Gasteiger partial charge is 0.355 e. The van der Waals surface area contributed by atoms with E-state index in [9.17, 15) is 0 Å². The molecule has 0 aliphatic carbocycles. The molecule has 1 aliphatic heterocycles. The van der Waals surface area contributed by atoms with Crippen molar-refractivity contribution in [2.45, 2.75) is 25.2 Å². The van der Waals surface area contributed by atoms with Crippen LogP contribution in [0.5, 0.6) is 0 Å². The monoisotopic (exact) mass is 188 g/mol. The summed E-state index contributed by atoms with van der Waals surface area (Å²) < 4.78 is 10.3. The summed E-state index contributed by atoms with van der Waals surface area (Å²) in [5, 5.41) is 0. The van der Waals surface area contributed by atoms with Crippen LogP contribution in [0, 0.1) is 0 Å². The predicted molar refractivity (Wildman–Crippen MR) is 51.5 cm³/mol. The Balaban J connectivity index is 2.33. The van der Waals surface area contributed by atoms with Crippen molar-refractivity contribution in [3.05, 3.63) is 0 Å². The van der Waals surface area contributed by atoms with E-state index in [0.29, 0.717) is 6.04 Å². The lowest BCUT2D eigenvalue weighted by molar-refractivity contribution is -0.117. The summed E-state index contributed by atoms with van der Waals surface area (Å²) in [7, 11) is 3.34. The lowest BCUT2D eigenvalue weighted by Gasteiger charge is -2.26. The molecule has 1 heterocycles. The van der Waals surface area contributed by atoms with Crippen LogP contribution in [-0.2, 0) is 9.47 Å². The standard InChI is InChI=1S/C9H20N2O2/c1-12-9(13-2)7-11-5-3-4-8(11)6-10/h8-9H,3-7,10H2,1-2H3. The van der Waals surface area contributed by atoms with Crippen LogP contribution in [0.2, 0.25) is 0 Å². The fraction of sp³-hybridized carbons (Fsp3) is 1.00. The second kappa shape index (κ2) is 5.54. The van der Waals surface area contributed by atoms with Crippen molar-refractivity contribution in [1.82, 2.24) is 4.90 Å². The van der Waals surface area contributed by atoms with Gasteiger partial charge < -0.3 is 15.2 Å². The van der Waals surface area contributed by atoms with Gasteiger partial charge in [-0.25, -0.2) is 0 Å². The SMILES string of the molecule is COC(CN1CCCC1CN)OC. The first kappa shape index (κ1) is 10.9. The Labute approximate surface area is 80.0 Å². The Morgan fingerprint density at radius 2 is 2.15 bits per heavy atom. The summed E-state index contributed by atoms with van der Waals surface area (Å²) in [5.74, 6) is 0. The Hall–Kier alpha value is -0.160. The third-order valence-corrected chi connectivity index (χ3v) is 2.68. The third kappa shape index (κ3) is 2.91. The summed E-state index contributed by atoms with van der Waals surface area (Å²) in [5.41, 5.74) is 5.66. The van der Waals surface area contributed by atoms with Crippen LogP contribution in [0.25, 0.3) is 0 Å². The highest BCUT2D eigenvalue weighted by Gasteiger charge is 2.25. The Bertz CT molecular complexity index is 140. The first-order valence-electron chi connectivity index (χ1n) is 4.81. The van der Waals surface area contributed by atoms with Crippen LogP contribution < -0.4 is 5.73 Å². The van der Waals surface area contributed by atoms with E-state index >= 15 is 0 Å². The number of ether oxygens (including phenoxy) is 2. The molecule has 1 unspecified atom stereocenters. The normalized spacial score (nSPS) is 24.5. The molecule has 1 fully saturated rings. The van der Waals surface area contributed by atoms with Gasteiger partial charge in [-0.05, 0) is 19.4 Å². The van der Waals surface area contributed by atoms with Crippen molar-refractivity contribution in [3.63, 3.8) is 0 Å². The zero-order valence-electron chi connectivity index (χ0n) is 8.53. The molecule has 4 heteroatoms. The average molecular weight is 188 g/mol. The smallest absolute Gasteiger partial charge is 0.169 e. The molecule has 1 saturated heterocycles. The molecule has 0 aromatic rings. The van der Waals surface area contributed by atoms with Crippen molar-refractivity contribution in [2.75, 3.05) is 33.9 Å². The summed E-state index contributed by atoms with van der Waals surface area (Å²) in [6.07, 6.45) is 2.32. The van der Waals surface area contributed by atoms with E-state index in [1.54, 1.807) is 14.2 Å². The molecule has 78 valence electrons. The minimum Gasteiger partial charge on any atom is -0.355 e. The van der Waals surface area contributed by atoms with Crippen LogP contribution in [-0.4, -0.2) is 51.1 Å². The number of nitrogens with zero attached hydrogens (tertiary/aromatic N) is 1. The molecular formula is C9H20N2O2. The summed E-state index contributed by atoms with van der Waals surface area (Å²) in [4.78, 5) is 2.34. The van der Waals surface area contributed by atoms with Gasteiger partial charge in [0, 0.05) is 33.4 Å². The molecule has 1 atom stereocenters. The van der Waals surface area contributed by atoms with E-state index in [2.05, 4.69) is 4.90 Å². The van der Waals surface area contributed by atoms with Crippen LogP contribution >= 0.6 is 0 Å². The van der Waals surface area contributed by atoms with E-state index in [0.717, 1.165) is 19.6 Å². The van der Waals surface area contributed by atoms with Gasteiger partial charge in [0.05, 0.1) is 0 Å². The van der Waals surface area contributed by atoms with Crippen LogP contribution in [0.15, 0.2) is 0 Å². The van der Waals surface area contributed by atoms with Crippen molar-refractivity contribution in [3.8, 4) is 0 Å². The van der Waals surface area contributed by atoms with E-state index in [1.807, 2.05) is 0 Å². The first-order valence-corrected chi connectivity index (χ1v) is 4.81. The van der Waals surface area contributed by atoms with E-state index < -0.39 is 0 Å². The summed E-state index contributed by atoms with van der Waals surface area (Å²) >= 11 is 0. The van der Waals surface area contributed by atoms with Crippen LogP contribution in [0.3, 0.4) is 0 Å². The zero-order valence-corrected chi connectivity index (χ0v) is 8.53. The highest BCUT2D eigenvalue weighted by atomic mass is 16.7. The molecular weight excluding hydrogens is 168 g/mol. The molecule has 2 N–H and O–H groups in total. The third-order valence-electron chi connectivity index (χ3n) is 2.68. The summed E-state index contributed by atoms with van der Waals surface area (Å²) in [6, 6.07) is 0.521. The molecule has 4 nitrogen and oxygen atoms in total. The molecule has 1 aliphatic rings. The predicted octanol–water partition coefficient (Wildman–Crippen LogP) is 0.0284. The van der Waals surface area contributed by atoms with Crippen molar-refractivity contribution in [2.24, 2.45) is 5.73 Å². The van der Waals surface area contributed by atoms with Crippen molar-refractivity contribution < 1.29 is 9.47 Å². The highest BCUT2D eigenvalue weighted by molar-refractivity contribution is 4.80. The Kier molecular flexibility index (Phi) is 4.66. The Morgan fingerprint density at radius 1 is 1.46 bits per heavy atom. The number of likely N-dealkylation sites (tertiary alicyclic amines) is 1. The molecule has 0 spiro atoms. The van der Waals surface area contributed by atoms with Gasteiger partial charge in [-0.15, -0.1) is 0 Å². The number of methoxy groups -OCH3 is 2.